The van der Waals surface area contributed by atoms with Crippen LogP contribution in [-0.2, 0) is 0 Å². The van der Waals surface area contributed by atoms with Crippen LogP contribution < -0.4 is 5.32 Å². The summed E-state index contributed by atoms with van der Waals surface area (Å²) in [6.07, 6.45) is 1.51. The van der Waals surface area contributed by atoms with Gasteiger partial charge in [-0.05, 0) is 42.5 Å². The van der Waals surface area contributed by atoms with Crippen molar-refractivity contribution in [3.63, 3.8) is 0 Å². The van der Waals surface area contributed by atoms with Gasteiger partial charge >= 0.3 is 0 Å². The smallest absolute Gasteiger partial charge is 0.255 e. The van der Waals surface area contributed by atoms with Crippen molar-refractivity contribution in [3.8, 4) is 0 Å². The number of carbonyl (C=O) groups excluding carboxylic acids is 2. The number of fused-ring (bicyclic) bond motifs is 1. The lowest BCUT2D eigenvalue weighted by molar-refractivity contribution is 0.101. The number of aromatic nitrogens is 2. The maximum atomic E-state index is 12.6. The largest absolute Gasteiger partial charge is 0.322 e. The predicted molar refractivity (Wildman–Crippen MR) is 115 cm³/mol. The number of ketones is 1. The van der Waals surface area contributed by atoms with Gasteiger partial charge in [-0.15, -0.1) is 0 Å². The summed E-state index contributed by atoms with van der Waals surface area (Å²) in [5.74, 6) is 0.0889. The van der Waals surface area contributed by atoms with Crippen LogP contribution in [0.15, 0.2) is 90.2 Å². The summed E-state index contributed by atoms with van der Waals surface area (Å²) in [5, 5.41) is 4.55. The maximum absolute atomic E-state index is 12.6. The van der Waals surface area contributed by atoms with E-state index in [1.807, 2.05) is 42.5 Å². The van der Waals surface area contributed by atoms with Crippen molar-refractivity contribution in [2.24, 2.45) is 0 Å². The molecule has 4 rings (SSSR count). The third kappa shape index (κ3) is 4.50. The highest BCUT2D eigenvalue weighted by atomic mass is 32.2. The van der Waals surface area contributed by atoms with Crippen molar-refractivity contribution in [3.05, 3.63) is 96.3 Å². The topological polar surface area (TPSA) is 72.0 Å². The van der Waals surface area contributed by atoms with E-state index in [4.69, 9.17) is 0 Å². The molecular formula is C23H17N3O2S. The molecule has 1 aromatic heterocycles. The Morgan fingerprint density at radius 2 is 1.52 bits per heavy atom. The number of thioether (sulfide) groups is 1. The third-order valence-electron chi connectivity index (χ3n) is 4.35. The Morgan fingerprint density at radius 1 is 0.793 bits per heavy atom. The first-order valence-corrected chi connectivity index (χ1v) is 10.0. The summed E-state index contributed by atoms with van der Waals surface area (Å²) >= 11 is 1.39. The van der Waals surface area contributed by atoms with Crippen molar-refractivity contribution < 1.29 is 9.59 Å². The lowest BCUT2D eigenvalue weighted by Gasteiger charge is -2.07. The van der Waals surface area contributed by atoms with E-state index in [1.54, 1.807) is 36.4 Å². The fourth-order valence-electron chi connectivity index (χ4n) is 2.84. The Bertz CT molecular complexity index is 1160. The van der Waals surface area contributed by atoms with Crippen molar-refractivity contribution in [2.75, 3.05) is 11.1 Å². The van der Waals surface area contributed by atoms with Gasteiger partial charge in [0.25, 0.3) is 5.91 Å². The molecule has 0 spiro atoms. The normalized spacial score (nSPS) is 10.6. The van der Waals surface area contributed by atoms with E-state index in [-0.39, 0.29) is 17.4 Å². The lowest BCUT2D eigenvalue weighted by atomic mass is 10.1. The monoisotopic (exact) mass is 399 g/mol. The van der Waals surface area contributed by atoms with E-state index in [2.05, 4.69) is 15.3 Å². The molecule has 1 heterocycles. The molecule has 0 aliphatic rings. The number of amides is 1. The van der Waals surface area contributed by atoms with E-state index >= 15 is 0 Å². The van der Waals surface area contributed by atoms with Gasteiger partial charge in [0.2, 0.25) is 0 Å². The maximum Gasteiger partial charge on any atom is 0.255 e. The number of rotatable bonds is 6. The first kappa shape index (κ1) is 18.8. The minimum Gasteiger partial charge on any atom is -0.322 e. The number of benzene rings is 3. The molecule has 0 atom stereocenters. The summed E-state index contributed by atoms with van der Waals surface area (Å²) in [6.45, 7) is 0. The van der Waals surface area contributed by atoms with Crippen LogP contribution in [0.25, 0.3) is 10.9 Å². The van der Waals surface area contributed by atoms with Crippen LogP contribution in [-0.4, -0.2) is 27.4 Å². The summed E-state index contributed by atoms with van der Waals surface area (Å²) in [6, 6.07) is 23.6. The molecule has 0 bridgehead atoms. The molecule has 6 heteroatoms. The second-order valence-corrected chi connectivity index (χ2v) is 7.27. The van der Waals surface area contributed by atoms with Gasteiger partial charge in [0.1, 0.15) is 11.4 Å². The van der Waals surface area contributed by atoms with Gasteiger partial charge in [-0.2, -0.15) is 0 Å². The van der Waals surface area contributed by atoms with Crippen LogP contribution in [0.5, 0.6) is 0 Å². The highest BCUT2D eigenvalue weighted by Gasteiger charge is 2.11. The molecule has 1 N–H and O–H groups in total. The molecule has 0 unspecified atom stereocenters. The summed E-state index contributed by atoms with van der Waals surface area (Å²) in [5.41, 5.74) is 2.68. The Kier molecular flexibility index (Phi) is 5.63. The van der Waals surface area contributed by atoms with Crippen LogP contribution in [0.2, 0.25) is 0 Å². The van der Waals surface area contributed by atoms with Crippen LogP contribution in [0, 0.1) is 0 Å². The molecule has 3 aromatic carbocycles. The molecule has 0 saturated carbocycles. The molecule has 5 nitrogen and oxygen atoms in total. The minimum absolute atomic E-state index is 0.00127. The zero-order valence-electron chi connectivity index (χ0n) is 15.4. The molecule has 0 fully saturated rings. The highest BCUT2D eigenvalue weighted by molar-refractivity contribution is 8.00. The number of hydrogen-bond acceptors (Lipinski definition) is 5. The summed E-state index contributed by atoms with van der Waals surface area (Å²) < 4.78 is 0. The fraction of sp³-hybridized carbons (Fsp3) is 0.0435. The van der Waals surface area contributed by atoms with Gasteiger partial charge in [-0.25, -0.2) is 9.97 Å². The van der Waals surface area contributed by atoms with Crippen molar-refractivity contribution in [2.45, 2.75) is 5.03 Å². The standard InChI is InChI=1S/C23H17N3O2S/c27-21(14-29-23-19-8-4-5-9-20(19)24-15-25-23)16-10-12-18(13-11-16)26-22(28)17-6-2-1-3-7-17/h1-13,15H,14H2,(H,26,28). The van der Waals surface area contributed by atoms with E-state index in [0.717, 1.165) is 15.9 Å². The second kappa shape index (κ2) is 8.67. The molecule has 0 aliphatic carbocycles. The van der Waals surface area contributed by atoms with E-state index in [1.165, 1.54) is 18.1 Å². The quantitative estimate of drug-likeness (QED) is 0.285. The fourth-order valence-corrected chi connectivity index (χ4v) is 3.73. The van der Waals surface area contributed by atoms with Gasteiger partial charge in [0.15, 0.2) is 5.78 Å². The van der Waals surface area contributed by atoms with Crippen LogP contribution in [0.4, 0.5) is 5.69 Å². The number of para-hydroxylation sites is 1. The first-order chi connectivity index (χ1) is 14.2. The molecule has 4 aromatic rings. The van der Waals surface area contributed by atoms with Gasteiger partial charge < -0.3 is 5.32 Å². The number of Topliss-reactive ketones (excluding diaryl/α,β-unsaturated/α-hetero) is 1. The highest BCUT2D eigenvalue weighted by Crippen LogP contribution is 2.25. The zero-order valence-corrected chi connectivity index (χ0v) is 16.2. The first-order valence-electron chi connectivity index (χ1n) is 9.03. The Hall–Kier alpha value is -3.51. The Morgan fingerprint density at radius 3 is 2.31 bits per heavy atom. The van der Waals surface area contributed by atoms with E-state index < -0.39 is 0 Å². The number of nitrogens with one attached hydrogen (secondary N) is 1. The summed E-state index contributed by atoms with van der Waals surface area (Å²) in [4.78, 5) is 33.3. The predicted octanol–water partition coefficient (Wildman–Crippen LogP) is 4.86. The second-order valence-electron chi connectivity index (χ2n) is 6.31. The zero-order chi connectivity index (χ0) is 20.1. The number of hydrogen-bond donors (Lipinski definition) is 1. The number of anilines is 1. The molecule has 0 radical (unpaired) electrons. The molecule has 0 aliphatic heterocycles. The lowest BCUT2D eigenvalue weighted by Crippen LogP contribution is -2.11. The third-order valence-corrected chi connectivity index (χ3v) is 5.35. The molecule has 0 saturated heterocycles. The number of nitrogens with zero attached hydrogens (tertiary/aromatic N) is 2. The van der Waals surface area contributed by atoms with Crippen molar-refractivity contribution >= 4 is 40.0 Å². The van der Waals surface area contributed by atoms with Crippen LogP contribution >= 0.6 is 11.8 Å². The van der Waals surface area contributed by atoms with Crippen molar-refractivity contribution in [1.29, 1.82) is 0 Å². The van der Waals surface area contributed by atoms with E-state index in [0.29, 0.717) is 16.8 Å². The van der Waals surface area contributed by atoms with Gasteiger partial charge in [-0.3, -0.25) is 9.59 Å². The Labute approximate surface area is 172 Å². The van der Waals surface area contributed by atoms with Gasteiger partial charge in [-0.1, -0.05) is 48.2 Å². The molecular weight excluding hydrogens is 382 g/mol. The van der Waals surface area contributed by atoms with Crippen LogP contribution in [0.3, 0.4) is 0 Å². The van der Waals surface area contributed by atoms with Gasteiger partial charge in [0, 0.05) is 22.2 Å². The molecule has 1 amide bonds. The Balaban J connectivity index is 1.40. The molecule has 29 heavy (non-hydrogen) atoms. The summed E-state index contributed by atoms with van der Waals surface area (Å²) in [7, 11) is 0. The van der Waals surface area contributed by atoms with E-state index in [9.17, 15) is 9.59 Å². The molecule has 142 valence electrons. The minimum atomic E-state index is -0.184. The SMILES string of the molecule is O=C(CSc1ncnc2ccccc12)c1ccc(NC(=O)c2ccccc2)cc1. The van der Waals surface area contributed by atoms with Crippen molar-refractivity contribution in [1.82, 2.24) is 9.97 Å². The number of carbonyl (C=O) groups is 2. The average molecular weight is 399 g/mol. The van der Waals surface area contributed by atoms with Crippen LogP contribution in [0.1, 0.15) is 20.7 Å². The average Bonchev–Trinajstić information content (AvgIpc) is 2.78. The van der Waals surface area contributed by atoms with Gasteiger partial charge in [0.05, 0.1) is 11.3 Å².